The van der Waals surface area contributed by atoms with Crippen molar-refractivity contribution >= 4 is 29.0 Å². The van der Waals surface area contributed by atoms with Crippen molar-refractivity contribution in [2.24, 2.45) is 0 Å². The SMILES string of the molecule is O=C(COc1ccc([N+](=O)[O-])cc1C(F)(F)F)Nc1ccnn1Cc1ccccc1Cl. The molecule has 0 bridgehead atoms. The van der Waals surface area contributed by atoms with E-state index in [1.54, 1.807) is 24.3 Å². The molecule has 8 nitrogen and oxygen atoms in total. The Morgan fingerprint density at radius 1 is 1.23 bits per heavy atom. The normalized spacial score (nSPS) is 11.2. The highest BCUT2D eigenvalue weighted by atomic mass is 35.5. The molecule has 0 fully saturated rings. The molecule has 0 aliphatic carbocycles. The van der Waals surface area contributed by atoms with Crippen molar-refractivity contribution in [1.82, 2.24) is 9.78 Å². The largest absolute Gasteiger partial charge is 0.483 e. The van der Waals surface area contributed by atoms with Crippen LogP contribution in [0.2, 0.25) is 5.02 Å². The summed E-state index contributed by atoms with van der Waals surface area (Å²) in [6.45, 7) is -0.498. The first kappa shape index (κ1) is 22.1. The van der Waals surface area contributed by atoms with Crippen LogP contribution in [0.5, 0.6) is 5.75 Å². The molecule has 2 aromatic carbocycles. The molecule has 0 saturated carbocycles. The number of amides is 1. The fourth-order valence-corrected chi connectivity index (χ4v) is 2.85. The van der Waals surface area contributed by atoms with E-state index in [9.17, 15) is 28.1 Å². The quantitative estimate of drug-likeness (QED) is 0.417. The Bertz CT molecular complexity index is 1120. The molecule has 1 aromatic heterocycles. The third-order valence-electron chi connectivity index (χ3n) is 4.10. The number of nitro groups is 1. The molecule has 162 valence electrons. The van der Waals surface area contributed by atoms with Crippen LogP contribution in [0.4, 0.5) is 24.7 Å². The minimum Gasteiger partial charge on any atom is -0.483 e. The average molecular weight is 455 g/mol. The van der Waals surface area contributed by atoms with Gasteiger partial charge in [-0.25, -0.2) is 4.68 Å². The molecule has 0 aliphatic heterocycles. The molecule has 3 rings (SSSR count). The Hall–Kier alpha value is -3.60. The number of alkyl halides is 3. The highest BCUT2D eigenvalue weighted by Crippen LogP contribution is 2.38. The van der Waals surface area contributed by atoms with Crippen LogP contribution in [0.3, 0.4) is 0 Å². The molecule has 0 radical (unpaired) electrons. The lowest BCUT2D eigenvalue weighted by Crippen LogP contribution is -2.23. The fourth-order valence-electron chi connectivity index (χ4n) is 2.65. The number of nitrogens with one attached hydrogen (secondary N) is 1. The van der Waals surface area contributed by atoms with E-state index in [4.69, 9.17) is 16.3 Å². The summed E-state index contributed by atoms with van der Waals surface area (Å²) in [4.78, 5) is 22.0. The molecule has 31 heavy (non-hydrogen) atoms. The molecule has 0 aliphatic rings. The Balaban J connectivity index is 1.69. The first-order valence-corrected chi connectivity index (χ1v) is 9.06. The highest BCUT2D eigenvalue weighted by Gasteiger charge is 2.36. The van der Waals surface area contributed by atoms with Crippen molar-refractivity contribution in [3.8, 4) is 5.75 Å². The lowest BCUT2D eigenvalue weighted by Gasteiger charge is -2.14. The van der Waals surface area contributed by atoms with E-state index in [1.807, 2.05) is 0 Å². The topological polar surface area (TPSA) is 99.3 Å². The fraction of sp³-hybridized carbons (Fsp3) is 0.158. The monoisotopic (exact) mass is 454 g/mol. The van der Waals surface area contributed by atoms with Gasteiger partial charge in [-0.2, -0.15) is 18.3 Å². The van der Waals surface area contributed by atoms with Crippen molar-refractivity contribution in [2.75, 3.05) is 11.9 Å². The predicted molar refractivity (Wildman–Crippen MR) is 105 cm³/mol. The van der Waals surface area contributed by atoms with Crippen LogP contribution >= 0.6 is 11.6 Å². The third kappa shape index (κ3) is 5.51. The lowest BCUT2D eigenvalue weighted by molar-refractivity contribution is -0.385. The first-order valence-electron chi connectivity index (χ1n) is 8.68. The number of hydrogen-bond acceptors (Lipinski definition) is 5. The first-order chi connectivity index (χ1) is 14.6. The second-order valence-electron chi connectivity index (χ2n) is 6.24. The van der Waals surface area contributed by atoms with E-state index in [-0.39, 0.29) is 12.4 Å². The zero-order valence-electron chi connectivity index (χ0n) is 15.6. The van der Waals surface area contributed by atoms with Crippen LogP contribution in [-0.4, -0.2) is 27.2 Å². The van der Waals surface area contributed by atoms with Crippen molar-refractivity contribution in [1.29, 1.82) is 0 Å². The minimum absolute atomic E-state index is 0.254. The lowest BCUT2D eigenvalue weighted by atomic mass is 10.1. The third-order valence-corrected chi connectivity index (χ3v) is 4.47. The van der Waals surface area contributed by atoms with Crippen molar-refractivity contribution < 1.29 is 27.6 Å². The number of hydrogen-bond donors (Lipinski definition) is 1. The number of rotatable bonds is 7. The van der Waals surface area contributed by atoms with Crippen LogP contribution < -0.4 is 10.1 Å². The summed E-state index contributed by atoms with van der Waals surface area (Å²) < 4.78 is 46.0. The summed E-state index contributed by atoms with van der Waals surface area (Å²) in [5, 5.41) is 17.8. The number of aromatic nitrogens is 2. The molecule has 1 amide bonds. The minimum atomic E-state index is -4.90. The Labute approximate surface area is 178 Å². The van der Waals surface area contributed by atoms with Crippen LogP contribution in [0.25, 0.3) is 0 Å². The maximum atomic E-state index is 13.2. The summed E-state index contributed by atoms with van der Waals surface area (Å²) in [6.07, 6.45) is -3.46. The van der Waals surface area contributed by atoms with Gasteiger partial charge in [-0.15, -0.1) is 0 Å². The summed E-state index contributed by atoms with van der Waals surface area (Å²) in [5.41, 5.74) is -1.34. The van der Waals surface area contributed by atoms with E-state index in [2.05, 4.69) is 10.4 Å². The molecule has 0 unspecified atom stereocenters. The smallest absolute Gasteiger partial charge is 0.420 e. The van der Waals surface area contributed by atoms with E-state index in [0.717, 1.165) is 17.7 Å². The van der Waals surface area contributed by atoms with E-state index in [0.29, 0.717) is 11.1 Å². The van der Waals surface area contributed by atoms with Crippen LogP contribution in [0, 0.1) is 10.1 Å². The van der Waals surface area contributed by atoms with Gasteiger partial charge in [-0.05, 0) is 17.7 Å². The van der Waals surface area contributed by atoms with Crippen molar-refractivity contribution in [3.63, 3.8) is 0 Å². The predicted octanol–water partition coefficient (Wildman–Crippen LogP) is 4.53. The molecule has 3 aromatic rings. The Kier molecular flexibility index (Phi) is 6.44. The number of benzene rings is 2. The standard InChI is InChI=1S/C19H14ClF3N4O4/c20-15-4-2-1-3-12(15)10-26-17(7-8-24-26)25-18(28)11-31-16-6-5-13(27(29)30)9-14(16)19(21,22)23/h1-9H,10-11H2,(H,25,28). The number of carbonyl (C=O) groups is 1. The molecular formula is C19H14ClF3N4O4. The Morgan fingerprint density at radius 2 is 1.97 bits per heavy atom. The maximum Gasteiger partial charge on any atom is 0.420 e. The second-order valence-corrected chi connectivity index (χ2v) is 6.64. The summed E-state index contributed by atoms with van der Waals surface area (Å²) >= 11 is 6.12. The number of carbonyl (C=O) groups excluding carboxylic acids is 1. The number of ether oxygens (including phenoxy) is 1. The van der Waals surface area contributed by atoms with Gasteiger partial charge in [-0.1, -0.05) is 29.8 Å². The van der Waals surface area contributed by atoms with Crippen LogP contribution in [0.15, 0.2) is 54.7 Å². The molecule has 0 spiro atoms. The van der Waals surface area contributed by atoms with E-state index < -0.39 is 40.6 Å². The van der Waals surface area contributed by atoms with Gasteiger partial charge in [0.05, 0.1) is 17.7 Å². The number of non-ortho nitro benzene ring substituents is 1. The van der Waals surface area contributed by atoms with Crippen molar-refractivity contribution in [2.45, 2.75) is 12.7 Å². The maximum absolute atomic E-state index is 13.2. The molecule has 0 atom stereocenters. The van der Waals surface area contributed by atoms with Gasteiger partial charge in [0.2, 0.25) is 0 Å². The number of nitrogens with zero attached hydrogens (tertiary/aromatic N) is 3. The second kappa shape index (κ2) is 9.04. The molecule has 1 heterocycles. The molecule has 12 heteroatoms. The van der Waals surface area contributed by atoms with Gasteiger partial charge in [0.25, 0.3) is 11.6 Å². The average Bonchev–Trinajstić information content (AvgIpc) is 3.13. The van der Waals surface area contributed by atoms with Gasteiger partial charge in [0.15, 0.2) is 6.61 Å². The van der Waals surface area contributed by atoms with Crippen molar-refractivity contribution in [3.05, 3.63) is 81.0 Å². The number of nitro benzene ring substituents is 1. The zero-order valence-corrected chi connectivity index (χ0v) is 16.4. The zero-order chi connectivity index (χ0) is 22.6. The van der Waals surface area contributed by atoms with Gasteiger partial charge < -0.3 is 10.1 Å². The Morgan fingerprint density at radius 3 is 2.65 bits per heavy atom. The van der Waals surface area contributed by atoms with E-state index >= 15 is 0 Å². The molecular weight excluding hydrogens is 441 g/mol. The van der Waals surface area contributed by atoms with Gasteiger partial charge in [-0.3, -0.25) is 14.9 Å². The van der Waals surface area contributed by atoms with Crippen LogP contribution in [-0.2, 0) is 17.5 Å². The van der Waals surface area contributed by atoms with E-state index in [1.165, 1.54) is 16.9 Å². The highest BCUT2D eigenvalue weighted by molar-refractivity contribution is 6.31. The van der Waals surface area contributed by atoms with Crippen LogP contribution in [0.1, 0.15) is 11.1 Å². The number of halogens is 4. The number of anilines is 1. The van der Waals surface area contributed by atoms with Gasteiger partial charge >= 0.3 is 6.18 Å². The summed E-state index contributed by atoms with van der Waals surface area (Å²) in [6, 6.07) is 10.6. The van der Waals surface area contributed by atoms with Gasteiger partial charge in [0, 0.05) is 23.2 Å². The summed E-state index contributed by atoms with van der Waals surface area (Å²) in [5.74, 6) is -1.15. The van der Waals surface area contributed by atoms with Gasteiger partial charge in [0.1, 0.15) is 17.1 Å². The molecule has 1 N–H and O–H groups in total. The summed E-state index contributed by atoms with van der Waals surface area (Å²) in [7, 11) is 0. The molecule has 0 saturated heterocycles.